The maximum absolute atomic E-state index is 10.0. The highest BCUT2D eigenvalue weighted by atomic mass is 35.5. The van der Waals surface area contributed by atoms with Crippen LogP contribution < -0.4 is 10.6 Å². The highest BCUT2D eigenvalue weighted by Crippen LogP contribution is 2.36. The average Bonchev–Trinajstić information content (AvgIpc) is 3.24. The van der Waals surface area contributed by atoms with E-state index in [0.717, 1.165) is 75.0 Å². The van der Waals surface area contributed by atoms with Gasteiger partial charge < -0.3 is 25.0 Å². The Hall–Kier alpha value is -2.23. The Morgan fingerprint density at radius 3 is 2.56 bits per heavy atom. The van der Waals surface area contributed by atoms with E-state index < -0.39 is 0 Å². The van der Waals surface area contributed by atoms with Gasteiger partial charge in [0.05, 0.1) is 12.7 Å². The summed E-state index contributed by atoms with van der Waals surface area (Å²) < 4.78 is 7.58. The molecule has 196 valence electrons. The van der Waals surface area contributed by atoms with Gasteiger partial charge in [-0.3, -0.25) is 4.90 Å². The van der Waals surface area contributed by atoms with Crippen molar-refractivity contribution in [2.45, 2.75) is 57.3 Å². The number of aliphatic hydroxyl groups is 1. The number of anilines is 1. The quantitative estimate of drug-likeness (QED) is 0.421. The van der Waals surface area contributed by atoms with E-state index in [1.807, 2.05) is 6.20 Å². The third kappa shape index (κ3) is 6.18. The normalized spacial score (nSPS) is 21.8. The molecule has 1 aliphatic heterocycles. The van der Waals surface area contributed by atoms with Gasteiger partial charge in [0.1, 0.15) is 5.65 Å². The van der Waals surface area contributed by atoms with Gasteiger partial charge in [-0.25, -0.2) is 4.98 Å². The SMILES string of the molecule is COC[C@@H](C)Nc1ncc2c(-c3ccc(CN4CCNCC4)cc3)cn(C3CCC(O)CC3)c2n1.Cl. The number of methoxy groups -OCH3 is 1. The number of rotatable bonds is 8. The number of fused-ring (bicyclic) bond motifs is 1. The van der Waals surface area contributed by atoms with Crippen LogP contribution in [0.4, 0.5) is 5.95 Å². The summed E-state index contributed by atoms with van der Waals surface area (Å²) in [6.07, 6.45) is 7.60. The fourth-order valence-corrected chi connectivity index (χ4v) is 5.37. The van der Waals surface area contributed by atoms with E-state index in [1.54, 1.807) is 7.11 Å². The summed E-state index contributed by atoms with van der Waals surface area (Å²) in [5, 5.41) is 17.9. The molecule has 36 heavy (non-hydrogen) atoms. The highest BCUT2D eigenvalue weighted by molar-refractivity contribution is 5.94. The molecule has 1 atom stereocenters. The summed E-state index contributed by atoms with van der Waals surface area (Å²) in [4.78, 5) is 12.1. The Bertz CT molecular complexity index is 1110. The van der Waals surface area contributed by atoms with E-state index in [4.69, 9.17) is 9.72 Å². The number of piperazine rings is 1. The summed E-state index contributed by atoms with van der Waals surface area (Å²) >= 11 is 0. The molecule has 3 aromatic rings. The fourth-order valence-electron chi connectivity index (χ4n) is 5.37. The molecule has 1 aliphatic carbocycles. The summed E-state index contributed by atoms with van der Waals surface area (Å²) in [6, 6.07) is 9.41. The van der Waals surface area contributed by atoms with Gasteiger partial charge in [0.15, 0.2) is 0 Å². The predicted molar refractivity (Wildman–Crippen MR) is 147 cm³/mol. The number of aromatic nitrogens is 3. The van der Waals surface area contributed by atoms with Crippen LogP contribution in [0.3, 0.4) is 0 Å². The van der Waals surface area contributed by atoms with Crippen LogP contribution in [0.5, 0.6) is 0 Å². The van der Waals surface area contributed by atoms with Crippen LogP contribution in [0.1, 0.15) is 44.2 Å². The molecule has 0 amide bonds. The van der Waals surface area contributed by atoms with Crippen LogP contribution in [0.25, 0.3) is 22.2 Å². The van der Waals surface area contributed by atoms with Gasteiger partial charge in [-0.05, 0) is 43.7 Å². The average molecular weight is 515 g/mol. The van der Waals surface area contributed by atoms with Gasteiger partial charge >= 0.3 is 0 Å². The molecule has 0 unspecified atom stereocenters. The Balaban J connectivity index is 0.00000304. The largest absolute Gasteiger partial charge is 0.393 e. The maximum Gasteiger partial charge on any atom is 0.224 e. The Kier molecular flexibility index (Phi) is 9.19. The Morgan fingerprint density at radius 1 is 1.14 bits per heavy atom. The number of hydrogen-bond acceptors (Lipinski definition) is 7. The van der Waals surface area contributed by atoms with Crippen molar-refractivity contribution in [1.82, 2.24) is 24.8 Å². The molecule has 8 nitrogen and oxygen atoms in total. The van der Waals surface area contributed by atoms with Crippen molar-refractivity contribution in [3.05, 3.63) is 42.2 Å². The van der Waals surface area contributed by atoms with Crippen LogP contribution in [0.2, 0.25) is 0 Å². The van der Waals surface area contributed by atoms with Crippen LogP contribution in [-0.2, 0) is 11.3 Å². The maximum atomic E-state index is 10.0. The van der Waals surface area contributed by atoms with Crippen molar-refractivity contribution in [3.8, 4) is 11.1 Å². The second kappa shape index (κ2) is 12.3. The zero-order chi connectivity index (χ0) is 24.2. The van der Waals surface area contributed by atoms with Crippen LogP contribution >= 0.6 is 12.4 Å². The molecule has 1 saturated carbocycles. The molecule has 2 fully saturated rings. The molecule has 0 radical (unpaired) electrons. The lowest BCUT2D eigenvalue weighted by molar-refractivity contribution is 0.111. The smallest absolute Gasteiger partial charge is 0.224 e. The number of halogens is 1. The molecule has 0 spiro atoms. The van der Waals surface area contributed by atoms with Gasteiger partial charge in [0.25, 0.3) is 0 Å². The number of nitrogens with one attached hydrogen (secondary N) is 2. The van der Waals surface area contributed by atoms with Crippen molar-refractivity contribution in [2.24, 2.45) is 0 Å². The summed E-state index contributed by atoms with van der Waals surface area (Å²) in [7, 11) is 1.70. The summed E-state index contributed by atoms with van der Waals surface area (Å²) in [5.74, 6) is 0.621. The van der Waals surface area contributed by atoms with E-state index in [0.29, 0.717) is 18.6 Å². The molecule has 9 heteroatoms. The molecule has 5 rings (SSSR count). The number of aliphatic hydroxyl groups excluding tert-OH is 1. The molecule has 3 N–H and O–H groups in total. The standard InChI is InChI=1S/C27H38N6O2.ClH/c1-19(18-35-2)30-27-29-15-24-25(17-33(26(24)31-27)22-7-9-23(34)10-8-22)21-5-3-20(4-6-21)16-32-13-11-28-12-14-32;/h3-6,15,17,19,22-23,28,34H,7-14,16,18H2,1-2H3,(H,29,30,31);1H/t19-,22?,23?;/m1./s1. The lowest BCUT2D eigenvalue weighted by Gasteiger charge is -2.27. The number of hydrogen-bond donors (Lipinski definition) is 3. The predicted octanol–water partition coefficient (Wildman–Crippen LogP) is 3.85. The van der Waals surface area contributed by atoms with Gasteiger partial charge in [-0.15, -0.1) is 12.4 Å². The van der Waals surface area contributed by atoms with Crippen molar-refractivity contribution in [3.63, 3.8) is 0 Å². The number of benzene rings is 1. The third-order valence-corrected chi connectivity index (χ3v) is 7.30. The summed E-state index contributed by atoms with van der Waals surface area (Å²) in [5.41, 5.74) is 4.64. The molecular weight excluding hydrogens is 476 g/mol. The number of ether oxygens (including phenoxy) is 1. The second-order valence-corrected chi connectivity index (χ2v) is 10.1. The minimum Gasteiger partial charge on any atom is -0.393 e. The van der Waals surface area contributed by atoms with Crippen molar-refractivity contribution < 1.29 is 9.84 Å². The Labute approximate surface area is 219 Å². The Morgan fingerprint density at radius 2 is 1.86 bits per heavy atom. The van der Waals surface area contributed by atoms with Crippen LogP contribution in [0, 0.1) is 0 Å². The molecule has 3 heterocycles. The minimum absolute atomic E-state index is 0. The second-order valence-electron chi connectivity index (χ2n) is 10.1. The van der Waals surface area contributed by atoms with Crippen LogP contribution in [0.15, 0.2) is 36.7 Å². The first kappa shape index (κ1) is 26.8. The van der Waals surface area contributed by atoms with Crippen molar-refractivity contribution in [2.75, 3.05) is 45.2 Å². The van der Waals surface area contributed by atoms with Gasteiger partial charge in [0.2, 0.25) is 5.95 Å². The zero-order valence-corrected chi connectivity index (χ0v) is 22.1. The first-order valence-electron chi connectivity index (χ1n) is 12.9. The van der Waals surface area contributed by atoms with Gasteiger partial charge in [-0.1, -0.05) is 24.3 Å². The van der Waals surface area contributed by atoms with E-state index in [2.05, 4.69) is 62.5 Å². The zero-order valence-electron chi connectivity index (χ0n) is 21.3. The fraction of sp³-hybridized carbons (Fsp3) is 0.556. The topological polar surface area (TPSA) is 87.5 Å². The van der Waals surface area contributed by atoms with Gasteiger partial charge in [0, 0.05) is 75.3 Å². The number of nitrogens with zero attached hydrogens (tertiary/aromatic N) is 4. The third-order valence-electron chi connectivity index (χ3n) is 7.30. The van der Waals surface area contributed by atoms with Crippen molar-refractivity contribution >= 4 is 29.4 Å². The van der Waals surface area contributed by atoms with Crippen LogP contribution in [-0.4, -0.2) is 76.6 Å². The van der Waals surface area contributed by atoms with Crippen molar-refractivity contribution in [1.29, 1.82) is 0 Å². The van der Waals surface area contributed by atoms with E-state index in [1.165, 1.54) is 11.1 Å². The van der Waals surface area contributed by atoms with E-state index >= 15 is 0 Å². The first-order valence-corrected chi connectivity index (χ1v) is 12.9. The molecule has 2 aliphatic rings. The van der Waals surface area contributed by atoms with Gasteiger partial charge in [-0.2, -0.15) is 4.98 Å². The molecule has 2 aromatic heterocycles. The van der Waals surface area contributed by atoms with E-state index in [-0.39, 0.29) is 24.6 Å². The molecular formula is C27H39ClN6O2. The minimum atomic E-state index is -0.183. The summed E-state index contributed by atoms with van der Waals surface area (Å²) in [6.45, 7) is 7.98. The van der Waals surface area contributed by atoms with E-state index in [9.17, 15) is 5.11 Å². The monoisotopic (exact) mass is 514 g/mol. The molecule has 1 aromatic carbocycles. The lowest BCUT2D eigenvalue weighted by atomic mass is 9.93. The lowest BCUT2D eigenvalue weighted by Crippen LogP contribution is -2.42. The molecule has 1 saturated heterocycles. The highest BCUT2D eigenvalue weighted by Gasteiger charge is 2.24. The molecule has 0 bridgehead atoms. The first-order chi connectivity index (χ1) is 17.1.